The van der Waals surface area contributed by atoms with Gasteiger partial charge in [0.2, 0.25) is 0 Å². The third-order valence-corrected chi connectivity index (χ3v) is 3.29. The normalized spacial score (nSPS) is 25.0. The molecule has 2 atom stereocenters. The summed E-state index contributed by atoms with van der Waals surface area (Å²) in [7, 11) is 0. The lowest BCUT2D eigenvalue weighted by Crippen LogP contribution is -2.50. The first-order valence-corrected chi connectivity index (χ1v) is 6.81. The van der Waals surface area contributed by atoms with E-state index in [1.807, 2.05) is 24.3 Å². The van der Waals surface area contributed by atoms with Gasteiger partial charge >= 0.3 is 0 Å². The number of fused-ring (bicyclic) bond motifs is 1. The molecule has 2 heterocycles. The van der Waals surface area contributed by atoms with Crippen LogP contribution in [0.1, 0.15) is 0 Å². The van der Waals surface area contributed by atoms with E-state index in [0.717, 1.165) is 12.3 Å². The van der Waals surface area contributed by atoms with E-state index >= 15 is 0 Å². The molecule has 0 bridgehead atoms. The number of ether oxygens (including phenoxy) is 3. The number of amides is 1. The number of nitrogens with one attached hydrogen (secondary N) is 2. The van der Waals surface area contributed by atoms with E-state index in [1.165, 1.54) is 0 Å². The molecule has 3 rings (SSSR count). The highest BCUT2D eigenvalue weighted by molar-refractivity contribution is 5.81. The first-order valence-electron chi connectivity index (χ1n) is 6.81. The Labute approximate surface area is 117 Å². The highest BCUT2D eigenvalue weighted by Crippen LogP contribution is 2.30. The van der Waals surface area contributed by atoms with Crippen LogP contribution in [0.3, 0.4) is 0 Å². The van der Waals surface area contributed by atoms with Crippen LogP contribution < -0.4 is 20.1 Å². The van der Waals surface area contributed by atoms with Gasteiger partial charge in [-0.05, 0) is 12.1 Å². The van der Waals surface area contributed by atoms with Crippen molar-refractivity contribution in [1.82, 2.24) is 10.6 Å². The van der Waals surface area contributed by atoms with Crippen molar-refractivity contribution in [2.75, 3.05) is 32.8 Å². The number of para-hydroxylation sites is 2. The number of hydrogen-bond acceptors (Lipinski definition) is 5. The molecule has 2 aliphatic rings. The Bertz CT molecular complexity index is 474. The zero-order chi connectivity index (χ0) is 13.8. The quantitative estimate of drug-likeness (QED) is 0.810. The van der Waals surface area contributed by atoms with Crippen LogP contribution in [-0.4, -0.2) is 51.0 Å². The van der Waals surface area contributed by atoms with Crippen molar-refractivity contribution in [3.63, 3.8) is 0 Å². The van der Waals surface area contributed by atoms with Crippen molar-refractivity contribution in [3.05, 3.63) is 24.3 Å². The fourth-order valence-electron chi connectivity index (χ4n) is 2.23. The van der Waals surface area contributed by atoms with Crippen molar-refractivity contribution < 1.29 is 19.0 Å². The lowest BCUT2D eigenvalue weighted by Gasteiger charge is -2.28. The van der Waals surface area contributed by atoms with Crippen LogP contribution in [-0.2, 0) is 9.53 Å². The van der Waals surface area contributed by atoms with Crippen molar-refractivity contribution in [2.45, 2.75) is 12.2 Å². The molecular formula is C14H18N2O4. The molecule has 0 aliphatic carbocycles. The Morgan fingerprint density at radius 3 is 3.00 bits per heavy atom. The van der Waals surface area contributed by atoms with Crippen LogP contribution in [0, 0.1) is 0 Å². The molecule has 1 fully saturated rings. The fourth-order valence-corrected chi connectivity index (χ4v) is 2.23. The molecule has 20 heavy (non-hydrogen) atoms. The number of morpholine rings is 1. The van der Waals surface area contributed by atoms with Gasteiger partial charge in [-0.2, -0.15) is 0 Å². The molecule has 0 aromatic heterocycles. The van der Waals surface area contributed by atoms with E-state index in [1.54, 1.807) is 0 Å². The predicted molar refractivity (Wildman–Crippen MR) is 72.0 cm³/mol. The summed E-state index contributed by atoms with van der Waals surface area (Å²) in [5.74, 6) is 1.35. The van der Waals surface area contributed by atoms with Gasteiger partial charge in [-0.3, -0.25) is 4.79 Å². The van der Waals surface area contributed by atoms with Gasteiger partial charge < -0.3 is 24.8 Å². The summed E-state index contributed by atoms with van der Waals surface area (Å²) in [5.41, 5.74) is 0. The van der Waals surface area contributed by atoms with E-state index in [0.29, 0.717) is 32.1 Å². The van der Waals surface area contributed by atoms with Gasteiger partial charge in [0.15, 0.2) is 11.5 Å². The third kappa shape index (κ3) is 3.02. The summed E-state index contributed by atoms with van der Waals surface area (Å²) in [6.45, 7) is 2.75. The Balaban J connectivity index is 1.49. The van der Waals surface area contributed by atoms with Gasteiger partial charge in [-0.1, -0.05) is 12.1 Å². The van der Waals surface area contributed by atoms with Crippen LogP contribution in [0.15, 0.2) is 24.3 Å². The molecule has 1 aromatic carbocycles. The summed E-state index contributed by atoms with van der Waals surface area (Å²) < 4.78 is 16.8. The Kier molecular flexibility index (Phi) is 4.03. The van der Waals surface area contributed by atoms with E-state index in [2.05, 4.69) is 10.6 Å². The average Bonchev–Trinajstić information content (AvgIpc) is 2.53. The first-order chi connectivity index (χ1) is 9.83. The number of carbonyl (C=O) groups is 1. The third-order valence-electron chi connectivity index (χ3n) is 3.29. The van der Waals surface area contributed by atoms with Crippen molar-refractivity contribution in [2.24, 2.45) is 0 Å². The number of carbonyl (C=O) groups excluding carboxylic acids is 1. The van der Waals surface area contributed by atoms with Gasteiger partial charge in [0.25, 0.3) is 5.91 Å². The highest BCUT2D eigenvalue weighted by atomic mass is 16.6. The maximum absolute atomic E-state index is 11.9. The summed E-state index contributed by atoms with van der Waals surface area (Å²) >= 11 is 0. The van der Waals surface area contributed by atoms with Gasteiger partial charge in [0.05, 0.1) is 13.2 Å². The van der Waals surface area contributed by atoms with E-state index in [-0.39, 0.29) is 12.0 Å². The highest BCUT2D eigenvalue weighted by Gasteiger charge is 2.25. The molecule has 108 valence electrons. The van der Waals surface area contributed by atoms with Crippen LogP contribution in [0.5, 0.6) is 11.5 Å². The molecular weight excluding hydrogens is 260 g/mol. The minimum atomic E-state index is -0.416. The smallest absolute Gasteiger partial charge is 0.250 e. The zero-order valence-electron chi connectivity index (χ0n) is 11.1. The number of benzene rings is 1. The molecule has 2 unspecified atom stereocenters. The second-order valence-electron chi connectivity index (χ2n) is 4.81. The second-order valence-corrected chi connectivity index (χ2v) is 4.81. The Hall–Kier alpha value is -1.79. The molecule has 1 saturated heterocycles. The van der Waals surface area contributed by atoms with Gasteiger partial charge in [-0.25, -0.2) is 0 Å². The molecule has 0 spiro atoms. The summed E-state index contributed by atoms with van der Waals surface area (Å²) in [4.78, 5) is 11.9. The largest absolute Gasteiger partial charge is 0.486 e. The molecule has 6 heteroatoms. The second kappa shape index (κ2) is 6.11. The van der Waals surface area contributed by atoms with Crippen molar-refractivity contribution in [1.29, 1.82) is 0 Å². The van der Waals surface area contributed by atoms with Crippen LogP contribution >= 0.6 is 0 Å². The average molecular weight is 278 g/mol. The topological polar surface area (TPSA) is 68.8 Å². The van der Waals surface area contributed by atoms with Crippen LogP contribution in [0.25, 0.3) is 0 Å². The lowest BCUT2D eigenvalue weighted by atomic mass is 10.2. The van der Waals surface area contributed by atoms with Crippen molar-refractivity contribution >= 4 is 5.91 Å². The monoisotopic (exact) mass is 278 g/mol. The van der Waals surface area contributed by atoms with E-state index < -0.39 is 6.10 Å². The molecule has 6 nitrogen and oxygen atoms in total. The van der Waals surface area contributed by atoms with Gasteiger partial charge in [-0.15, -0.1) is 0 Å². The standard InChI is InChI=1S/C14H18N2O4/c17-14(13-8-15-5-6-18-13)16-7-10-9-19-11-3-1-2-4-12(11)20-10/h1-4,10,13,15H,5-9H2,(H,16,17). The Morgan fingerprint density at radius 1 is 1.35 bits per heavy atom. The van der Waals surface area contributed by atoms with Crippen molar-refractivity contribution in [3.8, 4) is 11.5 Å². The van der Waals surface area contributed by atoms with Gasteiger partial charge in [0.1, 0.15) is 18.8 Å². The minimum absolute atomic E-state index is 0.111. The summed E-state index contributed by atoms with van der Waals surface area (Å²) in [5, 5.41) is 5.97. The Morgan fingerprint density at radius 2 is 2.20 bits per heavy atom. The lowest BCUT2D eigenvalue weighted by molar-refractivity contribution is -0.134. The zero-order valence-corrected chi connectivity index (χ0v) is 11.1. The minimum Gasteiger partial charge on any atom is -0.486 e. The summed E-state index contributed by atoms with van der Waals surface area (Å²) in [6, 6.07) is 7.52. The molecule has 0 saturated carbocycles. The van der Waals surface area contributed by atoms with Crippen LogP contribution in [0.4, 0.5) is 0 Å². The van der Waals surface area contributed by atoms with E-state index in [4.69, 9.17) is 14.2 Å². The molecule has 1 aromatic rings. The number of rotatable bonds is 3. The van der Waals surface area contributed by atoms with Gasteiger partial charge in [0, 0.05) is 13.1 Å². The number of hydrogen-bond donors (Lipinski definition) is 2. The predicted octanol–water partition coefficient (Wildman–Crippen LogP) is -0.0690. The SMILES string of the molecule is O=C(NCC1COc2ccccc2O1)C1CNCCO1. The van der Waals surface area contributed by atoms with E-state index in [9.17, 15) is 4.79 Å². The fraction of sp³-hybridized carbons (Fsp3) is 0.500. The van der Waals surface area contributed by atoms with Crippen LogP contribution in [0.2, 0.25) is 0 Å². The maximum atomic E-state index is 11.9. The molecule has 2 N–H and O–H groups in total. The molecule has 2 aliphatic heterocycles. The first kappa shape index (κ1) is 13.2. The maximum Gasteiger partial charge on any atom is 0.250 e. The molecule has 0 radical (unpaired) electrons. The summed E-state index contributed by atoms with van der Waals surface area (Å²) in [6.07, 6.45) is -0.592. The molecule has 1 amide bonds.